The fourth-order valence-electron chi connectivity index (χ4n) is 2.26. The minimum atomic E-state index is -0.879. The molecule has 1 aromatic rings. The topological polar surface area (TPSA) is 78.8 Å². The summed E-state index contributed by atoms with van der Waals surface area (Å²) in [6.45, 7) is 0. The summed E-state index contributed by atoms with van der Waals surface area (Å²) in [6.07, 6.45) is 1.62. The number of nitrogens with one attached hydrogen (secondary N) is 1. The van der Waals surface area contributed by atoms with Crippen molar-refractivity contribution in [3.8, 4) is 0 Å². The third-order valence-corrected chi connectivity index (χ3v) is 4.59. The molecule has 0 saturated carbocycles. The van der Waals surface area contributed by atoms with Crippen LogP contribution in [0.1, 0.15) is 10.4 Å². The number of Topliss-reactive ketones (excluding diaryl/α,β-unsaturated/α-hetero) is 1. The maximum absolute atomic E-state index is 12.4. The average molecular weight is 276 g/mol. The van der Waals surface area contributed by atoms with Crippen molar-refractivity contribution in [2.45, 2.75) is 11.4 Å². The number of rotatable bonds is 2. The predicted octanol–water partition coefficient (Wildman–Crippen LogP) is 1.32. The van der Waals surface area contributed by atoms with Crippen LogP contribution >= 0.6 is 11.8 Å². The molecule has 3 atom stereocenters. The van der Waals surface area contributed by atoms with Gasteiger partial charge in [-0.25, -0.2) is 0 Å². The summed E-state index contributed by atoms with van der Waals surface area (Å²) in [5.74, 6) is -0.805. The van der Waals surface area contributed by atoms with Gasteiger partial charge in [-0.15, -0.1) is 11.8 Å². The highest BCUT2D eigenvalue weighted by Gasteiger charge is 2.38. The molecule has 1 saturated heterocycles. The first-order valence-electron chi connectivity index (χ1n) is 5.95. The quantitative estimate of drug-likeness (QED) is 0.851. The van der Waals surface area contributed by atoms with E-state index in [-0.39, 0.29) is 11.2 Å². The fraction of sp³-hybridized carbons (Fsp3) is 0.308. The molecule has 2 N–H and O–H groups in total. The Balaban J connectivity index is 1.82. The number of para-hydroxylation sites is 1. The highest BCUT2D eigenvalue weighted by molar-refractivity contribution is 8.00. The number of hydrogen-bond acceptors (Lipinski definition) is 5. The molecule has 0 amide bonds. The molecule has 1 aromatic carbocycles. The van der Waals surface area contributed by atoms with Crippen LogP contribution in [0.25, 0.3) is 0 Å². The standard InChI is InChI=1S/C13H12N2O3S/c16-11-7-3-1-2-4-9(7)14-5-8(11)12-15-10(6-19-12)13(17)18/h1-5,8,10,12,15H,6H2,(H,17,18). The molecule has 0 aliphatic carbocycles. The molecule has 5 nitrogen and oxygen atoms in total. The van der Waals surface area contributed by atoms with Gasteiger partial charge in [-0.1, -0.05) is 12.1 Å². The predicted molar refractivity (Wildman–Crippen MR) is 73.2 cm³/mol. The monoisotopic (exact) mass is 276 g/mol. The first kappa shape index (κ1) is 12.4. The highest BCUT2D eigenvalue weighted by atomic mass is 32.2. The molecule has 1 fully saturated rings. The van der Waals surface area contributed by atoms with Gasteiger partial charge in [0.1, 0.15) is 6.04 Å². The second-order valence-corrected chi connectivity index (χ2v) is 5.67. The molecule has 3 unspecified atom stereocenters. The van der Waals surface area contributed by atoms with E-state index in [0.29, 0.717) is 17.0 Å². The second kappa shape index (κ2) is 4.79. The summed E-state index contributed by atoms with van der Waals surface area (Å²) in [5.41, 5.74) is 1.29. The van der Waals surface area contributed by atoms with Crippen LogP contribution in [0.15, 0.2) is 29.3 Å². The van der Waals surface area contributed by atoms with Crippen molar-refractivity contribution in [1.29, 1.82) is 0 Å². The van der Waals surface area contributed by atoms with E-state index in [0.717, 1.165) is 0 Å². The summed E-state index contributed by atoms with van der Waals surface area (Å²) in [7, 11) is 0. The van der Waals surface area contributed by atoms with Crippen LogP contribution in [0.3, 0.4) is 0 Å². The van der Waals surface area contributed by atoms with Crippen LogP contribution in [0.4, 0.5) is 5.69 Å². The smallest absolute Gasteiger partial charge is 0.321 e. The van der Waals surface area contributed by atoms with Gasteiger partial charge in [0.15, 0.2) is 5.78 Å². The van der Waals surface area contributed by atoms with Crippen LogP contribution in [0.5, 0.6) is 0 Å². The number of aliphatic carboxylic acids is 1. The zero-order valence-corrected chi connectivity index (χ0v) is 10.8. The van der Waals surface area contributed by atoms with Crippen LogP contribution in [-0.2, 0) is 4.79 Å². The first-order valence-corrected chi connectivity index (χ1v) is 6.99. The number of hydrogen-bond donors (Lipinski definition) is 2. The van der Waals surface area contributed by atoms with Crippen LogP contribution in [0, 0.1) is 5.92 Å². The number of benzene rings is 1. The summed E-state index contributed by atoms with van der Waals surface area (Å²) in [4.78, 5) is 27.6. The van der Waals surface area contributed by atoms with Gasteiger partial charge in [-0.05, 0) is 12.1 Å². The molecule has 0 spiro atoms. The Bertz CT molecular complexity index is 573. The van der Waals surface area contributed by atoms with Gasteiger partial charge in [0.05, 0.1) is 17.0 Å². The van der Waals surface area contributed by atoms with Gasteiger partial charge in [0.25, 0.3) is 0 Å². The van der Waals surface area contributed by atoms with E-state index in [9.17, 15) is 9.59 Å². The molecule has 19 heavy (non-hydrogen) atoms. The molecule has 98 valence electrons. The number of carbonyl (C=O) groups is 2. The SMILES string of the molecule is O=C(O)C1CSC(C2C=Nc3ccccc3C2=O)N1. The largest absolute Gasteiger partial charge is 0.480 e. The lowest BCUT2D eigenvalue weighted by Crippen LogP contribution is -2.42. The number of aliphatic imine (C=N–C) groups is 1. The van der Waals surface area contributed by atoms with E-state index in [1.54, 1.807) is 18.3 Å². The van der Waals surface area contributed by atoms with E-state index >= 15 is 0 Å². The summed E-state index contributed by atoms with van der Waals surface area (Å²) in [5, 5.41) is 11.7. The minimum absolute atomic E-state index is 0.00152. The number of ketones is 1. The van der Waals surface area contributed by atoms with E-state index in [4.69, 9.17) is 5.11 Å². The van der Waals surface area contributed by atoms with Crippen LogP contribution in [0.2, 0.25) is 0 Å². The maximum atomic E-state index is 12.4. The zero-order valence-electron chi connectivity index (χ0n) is 9.95. The van der Waals surface area contributed by atoms with Crippen LogP contribution in [-0.4, -0.2) is 40.2 Å². The number of fused-ring (bicyclic) bond motifs is 1. The van der Waals surface area contributed by atoms with Crippen molar-refractivity contribution in [2.75, 3.05) is 5.75 Å². The lowest BCUT2D eigenvalue weighted by Gasteiger charge is -2.22. The number of nitrogens with zero attached hydrogens (tertiary/aromatic N) is 1. The van der Waals surface area contributed by atoms with Gasteiger partial charge >= 0.3 is 5.97 Å². The van der Waals surface area contributed by atoms with E-state index in [1.807, 2.05) is 12.1 Å². The summed E-state index contributed by atoms with van der Waals surface area (Å²) >= 11 is 1.46. The van der Waals surface area contributed by atoms with E-state index < -0.39 is 17.9 Å². The lowest BCUT2D eigenvalue weighted by atomic mass is 9.94. The molecular weight excluding hydrogens is 264 g/mol. The van der Waals surface area contributed by atoms with Crippen molar-refractivity contribution in [2.24, 2.45) is 10.9 Å². The Kier molecular flexibility index (Phi) is 3.12. The molecule has 3 rings (SSSR count). The number of thioether (sulfide) groups is 1. The molecule has 6 heteroatoms. The van der Waals surface area contributed by atoms with E-state index in [2.05, 4.69) is 10.3 Å². The van der Waals surface area contributed by atoms with Crippen molar-refractivity contribution in [3.05, 3.63) is 29.8 Å². The zero-order chi connectivity index (χ0) is 13.4. The molecule has 0 bridgehead atoms. The Morgan fingerprint density at radius 3 is 2.95 bits per heavy atom. The molecule has 0 aromatic heterocycles. The lowest BCUT2D eigenvalue weighted by molar-refractivity contribution is -0.138. The Labute approximate surface area is 114 Å². The van der Waals surface area contributed by atoms with Crippen molar-refractivity contribution >= 4 is 35.4 Å². The average Bonchev–Trinajstić information content (AvgIpc) is 2.89. The second-order valence-electron chi connectivity index (χ2n) is 4.50. The fourth-order valence-corrected chi connectivity index (χ4v) is 3.56. The Morgan fingerprint density at radius 2 is 2.21 bits per heavy atom. The molecular formula is C13H12N2O3S. The Hall–Kier alpha value is -1.66. The summed E-state index contributed by atoms with van der Waals surface area (Å²) in [6, 6.07) is 6.62. The molecule has 2 aliphatic heterocycles. The van der Waals surface area contributed by atoms with Crippen LogP contribution < -0.4 is 5.32 Å². The van der Waals surface area contributed by atoms with Crippen molar-refractivity contribution in [3.63, 3.8) is 0 Å². The molecule has 0 radical (unpaired) electrons. The Morgan fingerprint density at radius 1 is 1.42 bits per heavy atom. The summed E-state index contributed by atoms with van der Waals surface area (Å²) < 4.78 is 0. The first-order chi connectivity index (χ1) is 9.16. The third-order valence-electron chi connectivity index (χ3n) is 3.28. The van der Waals surface area contributed by atoms with Crippen molar-refractivity contribution < 1.29 is 14.7 Å². The van der Waals surface area contributed by atoms with Gasteiger partial charge in [0, 0.05) is 17.5 Å². The van der Waals surface area contributed by atoms with Crippen molar-refractivity contribution in [1.82, 2.24) is 5.32 Å². The van der Waals surface area contributed by atoms with Gasteiger partial charge in [-0.2, -0.15) is 0 Å². The van der Waals surface area contributed by atoms with Gasteiger partial charge < -0.3 is 5.11 Å². The number of carbonyl (C=O) groups excluding carboxylic acids is 1. The minimum Gasteiger partial charge on any atom is -0.480 e. The molecule has 2 aliphatic rings. The number of carboxylic acids is 1. The normalized spacial score (nSPS) is 29.3. The molecule has 2 heterocycles. The van der Waals surface area contributed by atoms with Gasteiger partial charge in [0.2, 0.25) is 0 Å². The maximum Gasteiger partial charge on any atom is 0.321 e. The third kappa shape index (κ3) is 2.17. The highest BCUT2D eigenvalue weighted by Crippen LogP contribution is 2.32. The van der Waals surface area contributed by atoms with Gasteiger partial charge in [-0.3, -0.25) is 19.9 Å². The van der Waals surface area contributed by atoms with E-state index in [1.165, 1.54) is 11.8 Å². The number of carboxylic acid groups (broad SMARTS) is 1.